The highest BCUT2D eigenvalue weighted by Crippen LogP contribution is 2.25. The van der Waals surface area contributed by atoms with Crippen molar-refractivity contribution in [2.45, 2.75) is 26.2 Å². The van der Waals surface area contributed by atoms with Gasteiger partial charge in [-0.15, -0.1) is 0 Å². The summed E-state index contributed by atoms with van der Waals surface area (Å²) in [4.78, 5) is 4.01. The third-order valence-electron chi connectivity index (χ3n) is 2.43. The zero-order valence-electron chi connectivity index (χ0n) is 8.83. The van der Waals surface area contributed by atoms with Crippen LogP contribution in [0.3, 0.4) is 0 Å². The van der Waals surface area contributed by atoms with Crippen LogP contribution in [-0.2, 0) is 5.41 Å². The van der Waals surface area contributed by atoms with Gasteiger partial charge in [-0.1, -0.05) is 32.9 Å². The zero-order valence-corrected chi connectivity index (χ0v) is 8.83. The molecule has 0 aliphatic heterocycles. The van der Waals surface area contributed by atoms with Crippen molar-refractivity contribution in [3.8, 4) is 0 Å². The molecule has 1 aromatic carbocycles. The molecule has 0 bridgehead atoms. The fourth-order valence-corrected chi connectivity index (χ4v) is 1.49. The molecule has 0 saturated heterocycles. The van der Waals surface area contributed by atoms with E-state index in [2.05, 4.69) is 50.2 Å². The largest absolute Gasteiger partial charge is 0.254 e. The van der Waals surface area contributed by atoms with Crippen molar-refractivity contribution in [1.29, 1.82) is 0 Å². The fraction of sp³-hybridized carbons (Fsp3) is 0.308. The molecule has 2 rings (SSSR count). The highest BCUT2D eigenvalue weighted by atomic mass is 14.6. The zero-order chi connectivity index (χ0) is 10.2. The molecule has 0 fully saturated rings. The van der Waals surface area contributed by atoms with E-state index in [0.29, 0.717) is 0 Å². The van der Waals surface area contributed by atoms with Crippen molar-refractivity contribution in [2.24, 2.45) is 0 Å². The number of aromatic nitrogens is 1. The number of benzene rings is 1. The van der Waals surface area contributed by atoms with Crippen LogP contribution in [0.1, 0.15) is 26.3 Å². The summed E-state index contributed by atoms with van der Waals surface area (Å²) in [7, 11) is 0. The Morgan fingerprint density at radius 2 is 1.93 bits per heavy atom. The van der Waals surface area contributed by atoms with Crippen LogP contribution < -0.4 is 0 Å². The summed E-state index contributed by atoms with van der Waals surface area (Å²) >= 11 is 0. The van der Waals surface area contributed by atoms with Gasteiger partial charge >= 0.3 is 0 Å². The van der Waals surface area contributed by atoms with E-state index >= 15 is 0 Å². The van der Waals surface area contributed by atoms with Gasteiger partial charge in [-0.25, -0.2) is 0 Å². The Labute approximate surface area is 84.8 Å². The van der Waals surface area contributed by atoms with E-state index < -0.39 is 0 Å². The van der Waals surface area contributed by atoms with Gasteiger partial charge in [0.1, 0.15) is 0 Å². The first-order chi connectivity index (χ1) is 6.57. The first-order valence-corrected chi connectivity index (χ1v) is 4.84. The molecule has 1 nitrogen and oxygen atoms in total. The predicted octanol–water partition coefficient (Wildman–Crippen LogP) is 3.33. The molecule has 0 amide bonds. The fourth-order valence-electron chi connectivity index (χ4n) is 1.49. The first-order valence-electron chi connectivity index (χ1n) is 4.84. The molecule has 0 N–H and O–H groups in total. The van der Waals surface area contributed by atoms with Gasteiger partial charge in [0.2, 0.25) is 0 Å². The summed E-state index contributed by atoms with van der Waals surface area (Å²) in [6.07, 6.45) is 4.79. The summed E-state index contributed by atoms with van der Waals surface area (Å²) in [5.41, 5.74) is 1.52. The molecule has 1 heteroatoms. The Balaban J connectivity index is 2.63. The molecule has 1 radical (unpaired) electrons. The number of nitrogens with zero attached hydrogens (tertiary/aromatic N) is 1. The molecule has 1 heterocycles. The van der Waals surface area contributed by atoms with Crippen LogP contribution >= 0.6 is 0 Å². The van der Waals surface area contributed by atoms with E-state index in [0.717, 1.165) is 5.39 Å². The number of rotatable bonds is 0. The van der Waals surface area contributed by atoms with Gasteiger partial charge in [0.05, 0.1) is 6.20 Å². The van der Waals surface area contributed by atoms with E-state index in [1.54, 1.807) is 6.20 Å². The Morgan fingerprint density at radius 3 is 2.64 bits per heavy atom. The predicted molar refractivity (Wildman–Crippen MR) is 59.3 cm³/mol. The second kappa shape index (κ2) is 3.09. The molecule has 71 valence electrons. The lowest BCUT2D eigenvalue weighted by Crippen LogP contribution is -2.10. The van der Waals surface area contributed by atoms with Crippen LogP contribution in [0.5, 0.6) is 0 Å². The molecule has 0 spiro atoms. The SMILES string of the molecule is CC(C)(C)c1ccc2ccn[c]c2c1. The number of hydrogen-bond donors (Lipinski definition) is 0. The van der Waals surface area contributed by atoms with Crippen LogP contribution in [0.15, 0.2) is 30.5 Å². The molecule has 1 aromatic heterocycles. The molecule has 0 aliphatic carbocycles. The van der Waals surface area contributed by atoms with Gasteiger partial charge in [0.15, 0.2) is 0 Å². The van der Waals surface area contributed by atoms with Crippen LogP contribution in [0.2, 0.25) is 0 Å². The lowest BCUT2D eigenvalue weighted by Gasteiger charge is -2.19. The van der Waals surface area contributed by atoms with Crippen LogP contribution in [0.4, 0.5) is 0 Å². The number of fused-ring (bicyclic) bond motifs is 1. The maximum Gasteiger partial charge on any atom is 0.0970 e. The number of hydrogen-bond acceptors (Lipinski definition) is 1. The minimum Gasteiger partial charge on any atom is -0.254 e. The average Bonchev–Trinajstić information content (AvgIpc) is 2.16. The lowest BCUT2D eigenvalue weighted by molar-refractivity contribution is 0.591. The topological polar surface area (TPSA) is 12.9 Å². The van der Waals surface area contributed by atoms with E-state index in [-0.39, 0.29) is 5.41 Å². The molecule has 2 aromatic rings. The Bertz CT molecular complexity index is 452. The van der Waals surface area contributed by atoms with E-state index in [1.807, 2.05) is 6.07 Å². The second-order valence-electron chi connectivity index (χ2n) is 4.61. The Kier molecular flexibility index (Phi) is 2.03. The first kappa shape index (κ1) is 9.20. The molecule has 0 saturated carbocycles. The van der Waals surface area contributed by atoms with Gasteiger partial charge in [0, 0.05) is 11.6 Å². The van der Waals surface area contributed by atoms with E-state index in [9.17, 15) is 0 Å². The average molecular weight is 184 g/mol. The van der Waals surface area contributed by atoms with Crippen molar-refractivity contribution in [2.75, 3.05) is 0 Å². The van der Waals surface area contributed by atoms with Crippen molar-refractivity contribution in [3.05, 3.63) is 42.2 Å². The van der Waals surface area contributed by atoms with Gasteiger partial charge in [-0.3, -0.25) is 4.98 Å². The maximum absolute atomic E-state index is 4.01. The summed E-state index contributed by atoms with van der Waals surface area (Å²) < 4.78 is 0. The third-order valence-corrected chi connectivity index (χ3v) is 2.43. The highest BCUT2D eigenvalue weighted by Gasteiger charge is 2.13. The molecule has 0 aliphatic rings. The Hall–Kier alpha value is -1.37. The smallest absolute Gasteiger partial charge is 0.0970 e. The van der Waals surface area contributed by atoms with E-state index in [1.165, 1.54) is 10.9 Å². The molecular weight excluding hydrogens is 170 g/mol. The summed E-state index contributed by atoms with van der Waals surface area (Å²) in [5.74, 6) is 0. The second-order valence-corrected chi connectivity index (χ2v) is 4.61. The van der Waals surface area contributed by atoms with Crippen molar-refractivity contribution >= 4 is 10.8 Å². The highest BCUT2D eigenvalue weighted by molar-refractivity contribution is 5.81. The standard InChI is InChI=1S/C13H14N/c1-13(2,3)12-5-4-10-6-7-14-9-11(10)8-12/h4-8H,1-3H3. The monoisotopic (exact) mass is 184 g/mol. The van der Waals surface area contributed by atoms with Gasteiger partial charge in [-0.05, 0) is 28.5 Å². The van der Waals surface area contributed by atoms with Gasteiger partial charge in [-0.2, -0.15) is 0 Å². The van der Waals surface area contributed by atoms with Crippen LogP contribution in [0, 0.1) is 6.20 Å². The van der Waals surface area contributed by atoms with Crippen molar-refractivity contribution in [3.63, 3.8) is 0 Å². The van der Waals surface area contributed by atoms with Gasteiger partial charge < -0.3 is 0 Å². The minimum atomic E-state index is 0.192. The summed E-state index contributed by atoms with van der Waals surface area (Å²) in [6, 6.07) is 8.49. The number of pyridine rings is 1. The minimum absolute atomic E-state index is 0.192. The molecule has 0 atom stereocenters. The molecule has 0 unspecified atom stereocenters. The van der Waals surface area contributed by atoms with E-state index in [4.69, 9.17) is 0 Å². The maximum atomic E-state index is 4.01. The lowest BCUT2D eigenvalue weighted by atomic mass is 9.86. The van der Waals surface area contributed by atoms with Crippen LogP contribution in [-0.4, -0.2) is 4.98 Å². The van der Waals surface area contributed by atoms with Crippen molar-refractivity contribution < 1.29 is 0 Å². The summed E-state index contributed by atoms with van der Waals surface area (Å²) in [5, 5.41) is 2.30. The third kappa shape index (κ3) is 1.63. The van der Waals surface area contributed by atoms with Gasteiger partial charge in [0.25, 0.3) is 0 Å². The summed E-state index contributed by atoms with van der Waals surface area (Å²) in [6.45, 7) is 6.64. The Morgan fingerprint density at radius 1 is 1.14 bits per heavy atom. The molecular formula is C13H14N. The van der Waals surface area contributed by atoms with Crippen molar-refractivity contribution in [1.82, 2.24) is 4.98 Å². The normalized spacial score (nSPS) is 11.9. The quantitative estimate of drug-likeness (QED) is 0.612. The van der Waals surface area contributed by atoms with Crippen LogP contribution in [0.25, 0.3) is 10.8 Å². The molecule has 14 heavy (non-hydrogen) atoms.